The van der Waals surface area contributed by atoms with E-state index in [1.54, 1.807) is 0 Å². The highest BCUT2D eigenvalue weighted by Gasteiger charge is 2.47. The maximum absolute atomic E-state index is 5.73. The molecule has 2 saturated carbocycles. The van der Waals surface area contributed by atoms with Gasteiger partial charge in [-0.3, -0.25) is 11.3 Å². The van der Waals surface area contributed by atoms with Crippen molar-refractivity contribution >= 4 is 0 Å². The van der Waals surface area contributed by atoms with E-state index < -0.39 is 0 Å². The second-order valence-electron chi connectivity index (χ2n) is 5.59. The van der Waals surface area contributed by atoms with Crippen LogP contribution in [0.3, 0.4) is 0 Å². The summed E-state index contributed by atoms with van der Waals surface area (Å²) in [5, 5.41) is 0. The molecule has 1 aromatic rings. The van der Waals surface area contributed by atoms with Gasteiger partial charge >= 0.3 is 0 Å². The van der Waals surface area contributed by atoms with Crippen molar-refractivity contribution in [2.24, 2.45) is 23.6 Å². The van der Waals surface area contributed by atoms with Crippen LogP contribution in [-0.4, -0.2) is 15.6 Å². The molecule has 1 heterocycles. The highest BCUT2D eigenvalue weighted by Crippen LogP contribution is 2.55. The molecule has 0 aromatic carbocycles. The predicted octanol–water partition coefficient (Wildman–Crippen LogP) is 1.32. The number of rotatable bonds is 5. The number of fused-ring (bicyclic) bond motifs is 1. The number of nitrogens with one attached hydrogen (secondary N) is 1. The van der Waals surface area contributed by atoms with Gasteiger partial charge in [0.1, 0.15) is 5.82 Å². The number of aromatic nitrogens is 2. The molecule has 17 heavy (non-hydrogen) atoms. The van der Waals surface area contributed by atoms with Crippen LogP contribution in [0.25, 0.3) is 0 Å². The highest BCUT2D eigenvalue weighted by atomic mass is 15.2. The molecule has 0 amide bonds. The van der Waals surface area contributed by atoms with Crippen molar-refractivity contribution in [2.45, 2.75) is 45.2 Å². The van der Waals surface area contributed by atoms with E-state index in [0.717, 1.165) is 36.5 Å². The van der Waals surface area contributed by atoms with Gasteiger partial charge in [-0.25, -0.2) is 4.98 Å². The number of imidazole rings is 1. The van der Waals surface area contributed by atoms with Gasteiger partial charge < -0.3 is 4.57 Å². The van der Waals surface area contributed by atoms with Crippen molar-refractivity contribution < 1.29 is 0 Å². The third-order valence-electron chi connectivity index (χ3n) is 4.61. The van der Waals surface area contributed by atoms with Gasteiger partial charge in [-0.1, -0.05) is 0 Å². The van der Waals surface area contributed by atoms with Crippen LogP contribution in [0.5, 0.6) is 0 Å². The lowest BCUT2D eigenvalue weighted by atomic mass is 9.92. The van der Waals surface area contributed by atoms with Crippen molar-refractivity contribution in [1.82, 2.24) is 15.0 Å². The number of hydrogen-bond acceptors (Lipinski definition) is 3. The summed E-state index contributed by atoms with van der Waals surface area (Å²) in [6.07, 6.45) is 9.10. The van der Waals surface area contributed by atoms with E-state index in [4.69, 9.17) is 5.84 Å². The number of nitrogens with zero attached hydrogens (tertiary/aromatic N) is 2. The Hall–Kier alpha value is -0.870. The first-order valence-electron chi connectivity index (χ1n) is 6.78. The Morgan fingerprint density at radius 1 is 1.47 bits per heavy atom. The fourth-order valence-corrected chi connectivity index (χ4v) is 3.47. The lowest BCUT2D eigenvalue weighted by molar-refractivity contribution is 0.329. The second-order valence-corrected chi connectivity index (χ2v) is 5.59. The van der Waals surface area contributed by atoms with E-state index >= 15 is 0 Å². The second kappa shape index (κ2) is 4.42. The van der Waals surface area contributed by atoms with Crippen LogP contribution >= 0.6 is 0 Å². The van der Waals surface area contributed by atoms with Crippen LogP contribution in [0, 0.1) is 17.8 Å². The Morgan fingerprint density at radius 3 is 2.88 bits per heavy atom. The average molecular weight is 234 g/mol. The summed E-state index contributed by atoms with van der Waals surface area (Å²) in [5.74, 6) is 9.68. The normalized spacial score (nSPS) is 32.5. The maximum Gasteiger partial charge on any atom is 0.110 e. The minimum Gasteiger partial charge on any atom is -0.335 e. The molecule has 3 N–H and O–H groups in total. The average Bonchev–Trinajstić information content (AvgIpc) is 2.80. The van der Waals surface area contributed by atoms with Crippen LogP contribution in [-0.2, 0) is 13.0 Å². The molecule has 3 atom stereocenters. The van der Waals surface area contributed by atoms with Gasteiger partial charge in [-0.15, -0.1) is 0 Å². The zero-order valence-electron chi connectivity index (χ0n) is 10.5. The molecule has 1 aromatic heterocycles. The summed E-state index contributed by atoms with van der Waals surface area (Å²) >= 11 is 0. The summed E-state index contributed by atoms with van der Waals surface area (Å²) in [7, 11) is 0. The topological polar surface area (TPSA) is 55.9 Å². The molecule has 4 nitrogen and oxygen atoms in total. The largest absolute Gasteiger partial charge is 0.335 e. The molecule has 3 unspecified atom stereocenters. The molecule has 0 radical (unpaired) electrons. The van der Waals surface area contributed by atoms with Crippen LogP contribution in [0.2, 0.25) is 0 Å². The first kappa shape index (κ1) is 11.2. The third kappa shape index (κ3) is 2.11. The fourth-order valence-electron chi connectivity index (χ4n) is 3.47. The van der Waals surface area contributed by atoms with Crippen molar-refractivity contribution in [3.63, 3.8) is 0 Å². The fraction of sp³-hybridized carbons (Fsp3) is 0.769. The summed E-state index contributed by atoms with van der Waals surface area (Å²) in [5.41, 5.74) is 3.02. The lowest BCUT2D eigenvalue weighted by Crippen LogP contribution is -2.42. The molecule has 94 valence electrons. The maximum atomic E-state index is 5.73. The molecule has 0 bridgehead atoms. The van der Waals surface area contributed by atoms with Crippen molar-refractivity contribution in [1.29, 1.82) is 0 Å². The van der Waals surface area contributed by atoms with Gasteiger partial charge in [0.05, 0.1) is 0 Å². The number of hydrazine groups is 1. The summed E-state index contributed by atoms with van der Waals surface area (Å²) < 4.78 is 2.21. The molecule has 4 heteroatoms. The Labute approximate surface area is 103 Å². The van der Waals surface area contributed by atoms with Crippen LogP contribution < -0.4 is 11.3 Å². The number of aryl methyl sites for hydroxylation is 1. The van der Waals surface area contributed by atoms with Gasteiger partial charge in [-0.2, -0.15) is 0 Å². The SMILES string of the molecule is CCn1ccnc1CC(NN)C1CC2CC2C1. The Bertz CT molecular complexity index is 377. The van der Waals surface area contributed by atoms with E-state index in [2.05, 4.69) is 28.1 Å². The van der Waals surface area contributed by atoms with Crippen LogP contribution in [0.4, 0.5) is 0 Å². The van der Waals surface area contributed by atoms with E-state index in [9.17, 15) is 0 Å². The highest BCUT2D eigenvalue weighted by molar-refractivity contribution is 5.02. The predicted molar refractivity (Wildman–Crippen MR) is 67.0 cm³/mol. The van der Waals surface area contributed by atoms with Gasteiger partial charge in [0.25, 0.3) is 0 Å². The molecular weight excluding hydrogens is 212 g/mol. The Balaban J connectivity index is 1.65. The van der Waals surface area contributed by atoms with E-state index in [0.29, 0.717) is 6.04 Å². The van der Waals surface area contributed by atoms with E-state index in [-0.39, 0.29) is 0 Å². The van der Waals surface area contributed by atoms with Crippen molar-refractivity contribution in [2.75, 3.05) is 0 Å². The van der Waals surface area contributed by atoms with Gasteiger partial charge in [0.2, 0.25) is 0 Å². The molecule has 3 rings (SSSR count). The van der Waals surface area contributed by atoms with E-state index in [1.807, 2.05) is 6.20 Å². The molecule has 0 spiro atoms. The minimum atomic E-state index is 0.399. The zero-order valence-corrected chi connectivity index (χ0v) is 10.5. The molecule has 2 aliphatic carbocycles. The Morgan fingerprint density at radius 2 is 2.24 bits per heavy atom. The van der Waals surface area contributed by atoms with Crippen LogP contribution in [0.1, 0.15) is 32.0 Å². The summed E-state index contributed by atoms with van der Waals surface area (Å²) in [6.45, 7) is 3.14. The smallest absolute Gasteiger partial charge is 0.110 e. The zero-order chi connectivity index (χ0) is 11.8. The molecule has 0 saturated heterocycles. The third-order valence-corrected chi connectivity index (χ3v) is 4.61. The number of hydrogen-bond donors (Lipinski definition) is 2. The first-order chi connectivity index (χ1) is 8.31. The van der Waals surface area contributed by atoms with Crippen molar-refractivity contribution in [3.05, 3.63) is 18.2 Å². The van der Waals surface area contributed by atoms with Gasteiger partial charge in [-0.05, 0) is 43.9 Å². The Kier molecular flexibility index (Phi) is 2.92. The molecule has 2 fully saturated rings. The van der Waals surface area contributed by atoms with E-state index in [1.165, 1.54) is 19.3 Å². The molecule has 2 aliphatic rings. The van der Waals surface area contributed by atoms with Gasteiger partial charge in [0.15, 0.2) is 0 Å². The van der Waals surface area contributed by atoms with Crippen molar-refractivity contribution in [3.8, 4) is 0 Å². The standard InChI is InChI=1S/C13H22N4/c1-2-17-4-3-15-13(17)8-12(16-14)11-6-9-5-10(9)7-11/h3-4,9-12,16H,2,5-8,14H2,1H3. The quantitative estimate of drug-likeness (QED) is 0.597. The molecule has 0 aliphatic heterocycles. The molecular formula is C13H22N4. The first-order valence-corrected chi connectivity index (χ1v) is 6.78. The minimum absolute atomic E-state index is 0.399. The monoisotopic (exact) mass is 234 g/mol. The summed E-state index contributed by atoms with van der Waals surface area (Å²) in [4.78, 5) is 4.44. The number of nitrogens with two attached hydrogens (primary N) is 1. The van der Waals surface area contributed by atoms with Gasteiger partial charge in [0, 0.05) is 31.4 Å². The lowest BCUT2D eigenvalue weighted by Gasteiger charge is -2.24. The van der Waals surface area contributed by atoms with Crippen LogP contribution in [0.15, 0.2) is 12.4 Å². The summed E-state index contributed by atoms with van der Waals surface area (Å²) in [6, 6.07) is 0.399.